The van der Waals surface area contributed by atoms with Crippen LogP contribution in [0.4, 0.5) is 11.8 Å². The number of methoxy groups -OCH3 is 1. The van der Waals surface area contributed by atoms with Crippen molar-refractivity contribution in [2.45, 2.75) is 20.8 Å². The topological polar surface area (TPSA) is 50.3 Å². The standard InChI is InChI=1S/C14H22N4OS/c1-5-15-14-16-12(18(6-2)7-8-19-4)11-9-10(3)20-13(11)17-14/h9H,5-8H2,1-4H3,(H,15,16,17). The van der Waals surface area contributed by atoms with E-state index in [-0.39, 0.29) is 0 Å². The summed E-state index contributed by atoms with van der Waals surface area (Å²) in [5.41, 5.74) is 0. The van der Waals surface area contributed by atoms with Crippen molar-refractivity contribution in [1.29, 1.82) is 0 Å². The van der Waals surface area contributed by atoms with Gasteiger partial charge in [-0.3, -0.25) is 0 Å². The number of hydrogen-bond donors (Lipinski definition) is 1. The monoisotopic (exact) mass is 294 g/mol. The van der Waals surface area contributed by atoms with E-state index in [1.54, 1.807) is 18.4 Å². The van der Waals surface area contributed by atoms with Gasteiger partial charge in [0.2, 0.25) is 5.95 Å². The summed E-state index contributed by atoms with van der Waals surface area (Å²) in [6.45, 7) is 9.54. The largest absolute Gasteiger partial charge is 0.383 e. The maximum Gasteiger partial charge on any atom is 0.226 e. The molecule has 110 valence electrons. The van der Waals surface area contributed by atoms with Crippen LogP contribution in [0.25, 0.3) is 10.2 Å². The molecule has 0 saturated carbocycles. The number of ether oxygens (including phenoxy) is 1. The number of anilines is 2. The minimum Gasteiger partial charge on any atom is -0.383 e. The summed E-state index contributed by atoms with van der Waals surface area (Å²) >= 11 is 1.71. The molecule has 2 rings (SSSR count). The third kappa shape index (κ3) is 3.19. The summed E-state index contributed by atoms with van der Waals surface area (Å²) in [4.78, 5) is 13.8. The first kappa shape index (κ1) is 15.0. The number of nitrogens with zero attached hydrogens (tertiary/aromatic N) is 3. The molecule has 5 nitrogen and oxygen atoms in total. The van der Waals surface area contributed by atoms with Gasteiger partial charge in [0.15, 0.2) is 0 Å². The molecule has 6 heteroatoms. The fraction of sp³-hybridized carbons (Fsp3) is 0.571. The minimum atomic E-state index is 0.693. The van der Waals surface area contributed by atoms with E-state index in [1.165, 1.54) is 4.88 Å². The molecule has 0 amide bonds. The molecule has 0 radical (unpaired) electrons. The zero-order chi connectivity index (χ0) is 14.5. The summed E-state index contributed by atoms with van der Waals surface area (Å²) < 4.78 is 5.19. The summed E-state index contributed by atoms with van der Waals surface area (Å²) in [5.74, 6) is 1.70. The van der Waals surface area contributed by atoms with E-state index in [4.69, 9.17) is 4.74 Å². The molecule has 0 saturated heterocycles. The number of thiophene rings is 1. The van der Waals surface area contributed by atoms with Gasteiger partial charge in [0.1, 0.15) is 10.6 Å². The first-order chi connectivity index (χ1) is 9.69. The van der Waals surface area contributed by atoms with Crippen molar-refractivity contribution in [3.05, 3.63) is 10.9 Å². The molecule has 20 heavy (non-hydrogen) atoms. The van der Waals surface area contributed by atoms with Crippen molar-refractivity contribution in [1.82, 2.24) is 9.97 Å². The van der Waals surface area contributed by atoms with Gasteiger partial charge < -0.3 is 15.0 Å². The Hall–Kier alpha value is -1.40. The number of nitrogens with one attached hydrogen (secondary N) is 1. The van der Waals surface area contributed by atoms with Crippen LogP contribution < -0.4 is 10.2 Å². The lowest BCUT2D eigenvalue weighted by atomic mass is 10.3. The number of likely N-dealkylation sites (N-methyl/N-ethyl adjacent to an activating group) is 1. The summed E-state index contributed by atoms with van der Waals surface area (Å²) in [6, 6.07) is 2.17. The molecule has 0 atom stereocenters. The lowest BCUT2D eigenvalue weighted by Crippen LogP contribution is -2.28. The van der Waals surface area contributed by atoms with Crippen LogP contribution in [-0.4, -0.2) is 43.3 Å². The fourth-order valence-corrected chi connectivity index (χ4v) is 2.99. The highest BCUT2D eigenvalue weighted by atomic mass is 32.1. The molecule has 0 unspecified atom stereocenters. The van der Waals surface area contributed by atoms with Crippen LogP contribution >= 0.6 is 11.3 Å². The highest BCUT2D eigenvalue weighted by Gasteiger charge is 2.15. The van der Waals surface area contributed by atoms with Gasteiger partial charge in [-0.15, -0.1) is 11.3 Å². The van der Waals surface area contributed by atoms with E-state index in [9.17, 15) is 0 Å². The lowest BCUT2D eigenvalue weighted by molar-refractivity contribution is 0.205. The summed E-state index contributed by atoms with van der Waals surface area (Å²) in [7, 11) is 1.72. The van der Waals surface area contributed by atoms with E-state index in [2.05, 4.69) is 47.0 Å². The molecule has 0 spiro atoms. The molecule has 2 aromatic rings. The number of fused-ring (bicyclic) bond motifs is 1. The molecule has 0 aliphatic carbocycles. The van der Waals surface area contributed by atoms with Crippen LogP contribution in [0.15, 0.2) is 6.07 Å². The van der Waals surface area contributed by atoms with Crippen molar-refractivity contribution < 1.29 is 4.74 Å². The number of hydrogen-bond acceptors (Lipinski definition) is 6. The molecule has 2 aromatic heterocycles. The Morgan fingerprint density at radius 1 is 1.35 bits per heavy atom. The summed E-state index contributed by atoms with van der Waals surface area (Å²) in [5, 5.41) is 4.34. The lowest BCUT2D eigenvalue weighted by Gasteiger charge is -2.22. The molecule has 0 aliphatic rings. The third-order valence-corrected chi connectivity index (χ3v) is 4.02. The second-order valence-corrected chi connectivity index (χ2v) is 5.78. The second kappa shape index (κ2) is 6.85. The van der Waals surface area contributed by atoms with Gasteiger partial charge in [-0.2, -0.15) is 4.98 Å². The van der Waals surface area contributed by atoms with Crippen LogP contribution in [0.2, 0.25) is 0 Å². The normalized spacial score (nSPS) is 11.0. The molecular weight excluding hydrogens is 272 g/mol. The van der Waals surface area contributed by atoms with Gasteiger partial charge in [0.25, 0.3) is 0 Å². The first-order valence-electron chi connectivity index (χ1n) is 6.95. The Kier molecular flexibility index (Phi) is 5.14. The average Bonchev–Trinajstić information content (AvgIpc) is 2.80. The third-order valence-electron chi connectivity index (χ3n) is 3.08. The van der Waals surface area contributed by atoms with Crippen molar-refractivity contribution in [3.63, 3.8) is 0 Å². The van der Waals surface area contributed by atoms with Crippen molar-refractivity contribution >= 4 is 33.3 Å². The molecule has 1 N–H and O–H groups in total. The summed E-state index contributed by atoms with van der Waals surface area (Å²) in [6.07, 6.45) is 0. The fourth-order valence-electron chi connectivity index (χ4n) is 2.12. The highest BCUT2D eigenvalue weighted by Crippen LogP contribution is 2.31. The van der Waals surface area contributed by atoms with Gasteiger partial charge in [-0.1, -0.05) is 0 Å². The van der Waals surface area contributed by atoms with E-state index < -0.39 is 0 Å². The molecule has 0 aromatic carbocycles. The molecule has 0 bridgehead atoms. The van der Waals surface area contributed by atoms with E-state index in [0.29, 0.717) is 12.6 Å². The smallest absolute Gasteiger partial charge is 0.226 e. The van der Waals surface area contributed by atoms with Crippen LogP contribution in [0.1, 0.15) is 18.7 Å². The van der Waals surface area contributed by atoms with Crippen molar-refractivity contribution in [2.24, 2.45) is 0 Å². The Morgan fingerprint density at radius 3 is 2.80 bits per heavy atom. The SMILES string of the molecule is CCNc1nc(N(CC)CCOC)c2cc(C)sc2n1. The molecule has 2 heterocycles. The zero-order valence-corrected chi connectivity index (χ0v) is 13.4. The van der Waals surface area contributed by atoms with Gasteiger partial charge in [-0.05, 0) is 26.8 Å². The maximum atomic E-state index is 5.19. The number of aryl methyl sites for hydroxylation is 1. The van der Waals surface area contributed by atoms with Gasteiger partial charge in [0, 0.05) is 31.6 Å². The Labute approximate surface area is 124 Å². The second-order valence-electron chi connectivity index (χ2n) is 4.55. The average molecular weight is 294 g/mol. The highest BCUT2D eigenvalue weighted by molar-refractivity contribution is 7.18. The minimum absolute atomic E-state index is 0.693. The van der Waals surface area contributed by atoms with E-state index >= 15 is 0 Å². The predicted molar refractivity (Wildman–Crippen MR) is 86.1 cm³/mol. The van der Waals surface area contributed by atoms with Crippen LogP contribution in [-0.2, 0) is 4.74 Å². The molecule has 0 fully saturated rings. The van der Waals surface area contributed by atoms with E-state index in [1.807, 2.05) is 0 Å². The van der Waals surface area contributed by atoms with Crippen LogP contribution in [0.3, 0.4) is 0 Å². The van der Waals surface area contributed by atoms with E-state index in [0.717, 1.165) is 35.7 Å². The number of aromatic nitrogens is 2. The first-order valence-corrected chi connectivity index (χ1v) is 7.77. The predicted octanol–water partition coefficient (Wildman–Crippen LogP) is 2.90. The van der Waals surface area contributed by atoms with Crippen LogP contribution in [0, 0.1) is 6.92 Å². The molecular formula is C14H22N4OS. The van der Waals surface area contributed by atoms with Gasteiger partial charge in [0.05, 0.1) is 12.0 Å². The zero-order valence-electron chi connectivity index (χ0n) is 12.6. The Morgan fingerprint density at radius 2 is 2.15 bits per heavy atom. The quantitative estimate of drug-likeness (QED) is 0.851. The maximum absolute atomic E-state index is 5.19. The van der Waals surface area contributed by atoms with Gasteiger partial charge >= 0.3 is 0 Å². The molecule has 0 aliphatic heterocycles. The van der Waals surface area contributed by atoms with Gasteiger partial charge in [-0.25, -0.2) is 4.98 Å². The Balaban J connectivity index is 2.46. The number of rotatable bonds is 7. The van der Waals surface area contributed by atoms with Crippen molar-refractivity contribution in [2.75, 3.05) is 43.6 Å². The van der Waals surface area contributed by atoms with Crippen molar-refractivity contribution in [3.8, 4) is 0 Å². The van der Waals surface area contributed by atoms with Crippen LogP contribution in [0.5, 0.6) is 0 Å². The Bertz CT molecular complexity index is 570.